The van der Waals surface area contributed by atoms with Gasteiger partial charge in [-0.3, -0.25) is 0 Å². The van der Waals surface area contributed by atoms with Gasteiger partial charge in [0.25, 0.3) is 0 Å². The maximum atomic E-state index is 10.4. The van der Waals surface area contributed by atoms with Gasteiger partial charge in [-0.15, -0.1) is 0 Å². The standard InChI is InChI=1S/C9H7NO2.Na/c10-6-8(9(11)12)7-4-2-1-3-5-7;/h1-5,8H,(H,11,12);/q;+1/p-1. The van der Waals surface area contributed by atoms with Crippen molar-refractivity contribution < 1.29 is 39.5 Å². The predicted molar refractivity (Wildman–Crippen MR) is 39.8 cm³/mol. The maximum absolute atomic E-state index is 10.4. The van der Waals surface area contributed by atoms with E-state index in [1.165, 1.54) is 0 Å². The average molecular weight is 183 g/mol. The fourth-order valence-corrected chi connectivity index (χ4v) is 0.909. The van der Waals surface area contributed by atoms with Crippen LogP contribution in [-0.2, 0) is 4.79 Å². The minimum atomic E-state index is -1.36. The van der Waals surface area contributed by atoms with E-state index in [1.807, 2.05) is 0 Å². The van der Waals surface area contributed by atoms with E-state index in [1.54, 1.807) is 36.4 Å². The molecule has 0 fully saturated rings. The number of hydrogen-bond acceptors (Lipinski definition) is 3. The summed E-state index contributed by atoms with van der Waals surface area (Å²) in [7, 11) is 0. The first-order valence-electron chi connectivity index (χ1n) is 3.41. The molecule has 0 N–H and O–H groups in total. The Balaban J connectivity index is 0.00000144. The number of hydrogen-bond donors (Lipinski definition) is 0. The van der Waals surface area contributed by atoms with E-state index in [-0.39, 0.29) is 29.6 Å². The van der Waals surface area contributed by atoms with Gasteiger partial charge < -0.3 is 9.90 Å². The van der Waals surface area contributed by atoms with Gasteiger partial charge in [-0.25, -0.2) is 0 Å². The van der Waals surface area contributed by atoms with E-state index < -0.39 is 11.9 Å². The van der Waals surface area contributed by atoms with E-state index in [0.717, 1.165) is 0 Å². The molecular formula is C9H6NNaO2. The van der Waals surface area contributed by atoms with Crippen molar-refractivity contribution >= 4 is 5.97 Å². The van der Waals surface area contributed by atoms with E-state index in [4.69, 9.17) is 5.26 Å². The van der Waals surface area contributed by atoms with Crippen molar-refractivity contribution in [3.8, 4) is 6.07 Å². The van der Waals surface area contributed by atoms with Gasteiger partial charge in [0, 0.05) is 0 Å². The van der Waals surface area contributed by atoms with Gasteiger partial charge in [0.05, 0.1) is 12.0 Å². The summed E-state index contributed by atoms with van der Waals surface area (Å²) >= 11 is 0. The molecule has 0 aliphatic heterocycles. The van der Waals surface area contributed by atoms with Crippen molar-refractivity contribution in [2.45, 2.75) is 5.92 Å². The zero-order valence-electron chi connectivity index (χ0n) is 7.23. The van der Waals surface area contributed by atoms with Gasteiger partial charge in [-0.2, -0.15) is 5.26 Å². The van der Waals surface area contributed by atoms with Gasteiger partial charge in [-0.1, -0.05) is 30.3 Å². The predicted octanol–water partition coefficient (Wildman–Crippen LogP) is -2.95. The molecule has 0 aliphatic carbocycles. The van der Waals surface area contributed by atoms with Crippen LogP contribution in [0.4, 0.5) is 0 Å². The largest absolute Gasteiger partial charge is 1.00 e. The Hall–Kier alpha value is -0.820. The van der Waals surface area contributed by atoms with Crippen molar-refractivity contribution in [1.29, 1.82) is 5.26 Å². The first-order chi connectivity index (χ1) is 5.75. The van der Waals surface area contributed by atoms with E-state index in [9.17, 15) is 9.90 Å². The number of carboxylic acid groups (broad SMARTS) is 1. The van der Waals surface area contributed by atoms with Crippen LogP contribution in [0.15, 0.2) is 30.3 Å². The molecule has 0 heterocycles. The molecule has 0 amide bonds. The van der Waals surface area contributed by atoms with E-state index in [0.29, 0.717) is 5.56 Å². The van der Waals surface area contributed by atoms with Crippen LogP contribution in [-0.4, -0.2) is 5.97 Å². The third-order valence-corrected chi connectivity index (χ3v) is 1.50. The molecule has 0 aliphatic rings. The molecule has 1 rings (SSSR count). The summed E-state index contributed by atoms with van der Waals surface area (Å²) in [6.07, 6.45) is 0. The minimum absolute atomic E-state index is 0. The van der Waals surface area contributed by atoms with Crippen molar-refractivity contribution in [1.82, 2.24) is 0 Å². The average Bonchev–Trinajstić information content (AvgIpc) is 2.07. The monoisotopic (exact) mass is 183 g/mol. The Morgan fingerprint density at radius 3 is 2.31 bits per heavy atom. The van der Waals surface area contributed by atoms with Crippen LogP contribution in [0.5, 0.6) is 0 Å². The Morgan fingerprint density at radius 2 is 1.92 bits per heavy atom. The zero-order chi connectivity index (χ0) is 8.97. The van der Waals surface area contributed by atoms with Crippen LogP contribution in [0.2, 0.25) is 0 Å². The van der Waals surface area contributed by atoms with Gasteiger partial charge in [0.1, 0.15) is 5.92 Å². The molecule has 0 radical (unpaired) electrons. The quantitative estimate of drug-likeness (QED) is 0.460. The third-order valence-electron chi connectivity index (χ3n) is 1.50. The van der Waals surface area contributed by atoms with Crippen LogP contribution < -0.4 is 34.7 Å². The molecule has 1 atom stereocenters. The van der Waals surface area contributed by atoms with Gasteiger partial charge in [0.15, 0.2) is 0 Å². The number of aliphatic carboxylic acids is 1. The number of carbonyl (C=O) groups is 1. The zero-order valence-corrected chi connectivity index (χ0v) is 9.23. The molecule has 4 heteroatoms. The number of nitriles is 1. The Kier molecular flexibility index (Phi) is 5.40. The van der Waals surface area contributed by atoms with Crippen LogP contribution in [0.3, 0.4) is 0 Å². The molecular weight excluding hydrogens is 177 g/mol. The summed E-state index contributed by atoms with van der Waals surface area (Å²) in [6.45, 7) is 0. The molecule has 0 aromatic heterocycles. The smallest absolute Gasteiger partial charge is 0.548 e. The third kappa shape index (κ3) is 3.19. The Labute approximate surface area is 98.3 Å². The molecule has 60 valence electrons. The summed E-state index contributed by atoms with van der Waals surface area (Å²) in [5.41, 5.74) is 0.458. The van der Waals surface area contributed by atoms with Crippen LogP contribution in [0, 0.1) is 11.3 Å². The minimum Gasteiger partial charge on any atom is -0.548 e. The molecule has 3 nitrogen and oxygen atoms in total. The molecule has 1 unspecified atom stereocenters. The van der Waals surface area contributed by atoms with Crippen LogP contribution >= 0.6 is 0 Å². The molecule has 0 saturated heterocycles. The van der Waals surface area contributed by atoms with Gasteiger partial charge in [-0.05, 0) is 5.56 Å². The van der Waals surface area contributed by atoms with Gasteiger partial charge in [0.2, 0.25) is 0 Å². The van der Waals surface area contributed by atoms with E-state index >= 15 is 0 Å². The summed E-state index contributed by atoms with van der Waals surface area (Å²) in [6, 6.07) is 9.95. The normalized spacial score (nSPS) is 10.7. The Bertz CT molecular complexity index is 318. The SMILES string of the molecule is N#CC(C(=O)[O-])c1ccccc1.[Na+]. The summed E-state index contributed by atoms with van der Waals surface area (Å²) in [5.74, 6) is -2.52. The second-order valence-corrected chi connectivity index (χ2v) is 2.29. The van der Waals surface area contributed by atoms with Gasteiger partial charge >= 0.3 is 29.6 Å². The van der Waals surface area contributed by atoms with Crippen LogP contribution in [0.1, 0.15) is 11.5 Å². The fourth-order valence-electron chi connectivity index (χ4n) is 0.909. The van der Waals surface area contributed by atoms with Crippen molar-refractivity contribution in [2.75, 3.05) is 0 Å². The van der Waals surface area contributed by atoms with Crippen molar-refractivity contribution in [2.24, 2.45) is 0 Å². The first kappa shape index (κ1) is 12.2. The second-order valence-electron chi connectivity index (χ2n) is 2.29. The fraction of sp³-hybridized carbons (Fsp3) is 0.111. The number of nitrogens with zero attached hydrogens (tertiary/aromatic N) is 1. The second kappa shape index (κ2) is 5.76. The van der Waals surface area contributed by atoms with Crippen LogP contribution in [0.25, 0.3) is 0 Å². The number of carbonyl (C=O) groups excluding carboxylic acids is 1. The Morgan fingerprint density at radius 1 is 1.38 bits per heavy atom. The summed E-state index contributed by atoms with van der Waals surface area (Å²) in [4.78, 5) is 10.4. The first-order valence-corrected chi connectivity index (χ1v) is 3.41. The molecule has 0 bridgehead atoms. The van der Waals surface area contributed by atoms with Crippen molar-refractivity contribution in [3.05, 3.63) is 35.9 Å². The topological polar surface area (TPSA) is 63.9 Å². The molecule has 0 spiro atoms. The summed E-state index contributed by atoms with van der Waals surface area (Å²) < 4.78 is 0. The molecule has 1 aromatic rings. The number of benzene rings is 1. The molecule has 1 aromatic carbocycles. The summed E-state index contributed by atoms with van der Waals surface area (Å²) in [5, 5.41) is 18.9. The van der Waals surface area contributed by atoms with Crippen molar-refractivity contribution in [3.63, 3.8) is 0 Å². The number of rotatable bonds is 2. The molecule has 13 heavy (non-hydrogen) atoms. The number of carboxylic acids is 1. The van der Waals surface area contributed by atoms with E-state index in [2.05, 4.69) is 0 Å². The maximum Gasteiger partial charge on any atom is 1.00 e. The molecule has 0 saturated carbocycles.